The molecule has 0 aromatic carbocycles. The minimum absolute atomic E-state index is 0.205. The normalized spacial score (nSPS) is 19.5. The number of carbonyl (C=O) groups is 1. The molecule has 1 aromatic heterocycles. The highest BCUT2D eigenvalue weighted by molar-refractivity contribution is 5.68. The number of rotatable bonds is 1. The summed E-state index contributed by atoms with van der Waals surface area (Å²) in [5.74, 6) is 0.513. The van der Waals surface area contributed by atoms with Gasteiger partial charge in [-0.2, -0.15) is 0 Å². The predicted octanol–water partition coefficient (Wildman–Crippen LogP) is 2.11. The van der Waals surface area contributed by atoms with Crippen molar-refractivity contribution in [2.75, 3.05) is 30.3 Å². The van der Waals surface area contributed by atoms with Crippen LogP contribution in [-0.2, 0) is 4.74 Å². The van der Waals surface area contributed by atoms with Crippen molar-refractivity contribution >= 4 is 17.6 Å². The summed E-state index contributed by atoms with van der Waals surface area (Å²) in [4.78, 5) is 20.2. The average molecular weight is 292 g/mol. The molecule has 0 bridgehead atoms. The Morgan fingerprint density at radius 1 is 1.38 bits per heavy atom. The second kappa shape index (κ2) is 5.79. The highest BCUT2D eigenvalue weighted by Gasteiger charge is 2.29. The third kappa shape index (κ3) is 4.00. The number of piperazine rings is 1. The van der Waals surface area contributed by atoms with Gasteiger partial charge in [0.2, 0.25) is 0 Å². The number of nitrogens with two attached hydrogens (primary N) is 1. The molecule has 2 heterocycles. The van der Waals surface area contributed by atoms with Crippen molar-refractivity contribution in [3.8, 4) is 0 Å². The highest BCUT2D eigenvalue weighted by atomic mass is 16.6. The number of anilines is 2. The van der Waals surface area contributed by atoms with Gasteiger partial charge < -0.3 is 20.3 Å². The molecule has 1 aliphatic heterocycles. The molecule has 1 atom stereocenters. The molecule has 2 N–H and O–H groups in total. The summed E-state index contributed by atoms with van der Waals surface area (Å²) < 4.78 is 5.42. The molecule has 1 amide bonds. The van der Waals surface area contributed by atoms with Gasteiger partial charge in [-0.1, -0.05) is 0 Å². The maximum absolute atomic E-state index is 12.1. The monoisotopic (exact) mass is 292 g/mol. The van der Waals surface area contributed by atoms with Crippen LogP contribution >= 0.6 is 0 Å². The molecule has 1 saturated heterocycles. The van der Waals surface area contributed by atoms with Crippen LogP contribution in [0.5, 0.6) is 0 Å². The number of nitrogen functional groups attached to an aromatic ring is 1. The van der Waals surface area contributed by atoms with Gasteiger partial charge in [-0.25, -0.2) is 9.78 Å². The second-order valence-electron chi connectivity index (χ2n) is 6.41. The van der Waals surface area contributed by atoms with Crippen LogP contribution in [0.15, 0.2) is 18.3 Å². The molecule has 6 nitrogen and oxygen atoms in total. The smallest absolute Gasteiger partial charge is 0.410 e. The fourth-order valence-corrected chi connectivity index (χ4v) is 2.40. The molecule has 2 rings (SSSR count). The Morgan fingerprint density at radius 2 is 2.10 bits per heavy atom. The van der Waals surface area contributed by atoms with E-state index in [1.807, 2.05) is 26.8 Å². The van der Waals surface area contributed by atoms with Crippen LogP contribution < -0.4 is 10.6 Å². The first kappa shape index (κ1) is 15.4. The van der Waals surface area contributed by atoms with Gasteiger partial charge >= 0.3 is 6.09 Å². The van der Waals surface area contributed by atoms with E-state index in [2.05, 4.69) is 16.8 Å². The SMILES string of the molecule is CC1CN(C(=O)OC(C)(C)C)CCN1c1ccc(N)nc1. The first-order chi connectivity index (χ1) is 9.76. The molecule has 0 aliphatic carbocycles. The van der Waals surface area contributed by atoms with Crippen LogP contribution in [0.4, 0.5) is 16.3 Å². The molecule has 0 spiro atoms. The van der Waals surface area contributed by atoms with Crippen LogP contribution in [0.25, 0.3) is 0 Å². The zero-order valence-corrected chi connectivity index (χ0v) is 13.2. The summed E-state index contributed by atoms with van der Waals surface area (Å²) in [6.07, 6.45) is 1.53. The summed E-state index contributed by atoms with van der Waals surface area (Å²) >= 11 is 0. The van der Waals surface area contributed by atoms with Crippen LogP contribution in [0.2, 0.25) is 0 Å². The Bertz CT molecular complexity index is 495. The largest absolute Gasteiger partial charge is 0.444 e. The van der Waals surface area contributed by atoms with Gasteiger partial charge in [0.1, 0.15) is 11.4 Å². The summed E-state index contributed by atoms with van der Waals surface area (Å²) in [7, 11) is 0. The van der Waals surface area contributed by atoms with E-state index in [1.54, 1.807) is 17.2 Å². The Labute approximate surface area is 125 Å². The average Bonchev–Trinajstić information content (AvgIpc) is 2.38. The summed E-state index contributed by atoms with van der Waals surface area (Å²) in [6.45, 7) is 9.77. The molecule has 0 radical (unpaired) electrons. The highest BCUT2D eigenvalue weighted by Crippen LogP contribution is 2.21. The zero-order chi connectivity index (χ0) is 15.6. The number of hydrogen-bond acceptors (Lipinski definition) is 5. The van der Waals surface area contributed by atoms with E-state index in [-0.39, 0.29) is 12.1 Å². The fourth-order valence-electron chi connectivity index (χ4n) is 2.40. The van der Waals surface area contributed by atoms with Crippen molar-refractivity contribution in [2.45, 2.75) is 39.3 Å². The van der Waals surface area contributed by atoms with E-state index in [1.165, 1.54) is 0 Å². The van der Waals surface area contributed by atoms with Gasteiger partial charge in [0.05, 0.1) is 11.9 Å². The first-order valence-electron chi connectivity index (χ1n) is 7.22. The predicted molar refractivity (Wildman–Crippen MR) is 83.3 cm³/mol. The maximum atomic E-state index is 12.1. The van der Waals surface area contributed by atoms with Gasteiger partial charge in [-0.3, -0.25) is 0 Å². The van der Waals surface area contributed by atoms with Crippen molar-refractivity contribution in [2.24, 2.45) is 0 Å². The van der Waals surface area contributed by atoms with Gasteiger partial charge in [0.15, 0.2) is 0 Å². The number of ether oxygens (including phenoxy) is 1. The first-order valence-corrected chi connectivity index (χ1v) is 7.22. The second-order valence-corrected chi connectivity index (χ2v) is 6.41. The summed E-state index contributed by atoms with van der Waals surface area (Å²) in [5.41, 5.74) is 6.18. The number of hydrogen-bond donors (Lipinski definition) is 1. The van der Waals surface area contributed by atoms with Crippen molar-refractivity contribution in [1.82, 2.24) is 9.88 Å². The quantitative estimate of drug-likeness (QED) is 0.858. The van der Waals surface area contributed by atoms with Gasteiger partial charge in [-0.05, 0) is 39.8 Å². The number of pyridine rings is 1. The Balaban J connectivity index is 1.99. The lowest BCUT2D eigenvalue weighted by Crippen LogP contribution is -2.54. The van der Waals surface area contributed by atoms with Crippen LogP contribution in [0.1, 0.15) is 27.7 Å². The molecule has 0 saturated carbocycles. The van der Waals surface area contributed by atoms with E-state index in [9.17, 15) is 4.79 Å². The molecule has 6 heteroatoms. The zero-order valence-electron chi connectivity index (χ0n) is 13.2. The molecule has 1 fully saturated rings. The van der Waals surface area contributed by atoms with Crippen molar-refractivity contribution < 1.29 is 9.53 Å². The topological polar surface area (TPSA) is 71.7 Å². The third-order valence-corrected chi connectivity index (χ3v) is 3.38. The van der Waals surface area contributed by atoms with Gasteiger partial charge in [0, 0.05) is 25.7 Å². The van der Waals surface area contributed by atoms with Crippen LogP contribution in [0.3, 0.4) is 0 Å². The lowest BCUT2D eigenvalue weighted by Gasteiger charge is -2.41. The summed E-state index contributed by atoms with van der Waals surface area (Å²) in [6, 6.07) is 3.96. The van der Waals surface area contributed by atoms with Gasteiger partial charge in [0.25, 0.3) is 0 Å². The summed E-state index contributed by atoms with van der Waals surface area (Å²) in [5, 5.41) is 0. The molecule has 1 aromatic rings. The molecular weight excluding hydrogens is 268 g/mol. The number of aromatic nitrogens is 1. The number of carbonyl (C=O) groups excluding carboxylic acids is 1. The van der Waals surface area contributed by atoms with Crippen molar-refractivity contribution in [1.29, 1.82) is 0 Å². The Hall–Kier alpha value is -1.98. The minimum atomic E-state index is -0.460. The van der Waals surface area contributed by atoms with Crippen LogP contribution in [0, 0.1) is 0 Å². The Kier molecular flexibility index (Phi) is 4.25. The van der Waals surface area contributed by atoms with Gasteiger partial charge in [-0.15, -0.1) is 0 Å². The molecule has 1 unspecified atom stereocenters. The van der Waals surface area contributed by atoms with E-state index in [0.29, 0.717) is 18.9 Å². The Morgan fingerprint density at radius 3 is 2.62 bits per heavy atom. The minimum Gasteiger partial charge on any atom is -0.444 e. The molecule has 21 heavy (non-hydrogen) atoms. The molecule has 116 valence electrons. The standard InChI is InChI=1S/C15H24N4O2/c1-11-10-18(14(20)21-15(2,3)4)7-8-19(11)12-5-6-13(16)17-9-12/h5-6,9,11H,7-8,10H2,1-4H3,(H2,16,17). The molecule has 1 aliphatic rings. The van der Waals surface area contributed by atoms with E-state index in [4.69, 9.17) is 10.5 Å². The molecular formula is C15H24N4O2. The third-order valence-electron chi connectivity index (χ3n) is 3.38. The van der Waals surface area contributed by atoms with Crippen LogP contribution in [-0.4, -0.2) is 47.3 Å². The lowest BCUT2D eigenvalue weighted by atomic mass is 10.1. The maximum Gasteiger partial charge on any atom is 0.410 e. The van der Waals surface area contributed by atoms with E-state index >= 15 is 0 Å². The number of amides is 1. The van der Waals surface area contributed by atoms with Crippen molar-refractivity contribution in [3.05, 3.63) is 18.3 Å². The van der Waals surface area contributed by atoms with Crippen molar-refractivity contribution in [3.63, 3.8) is 0 Å². The van der Waals surface area contributed by atoms with E-state index < -0.39 is 5.60 Å². The lowest BCUT2D eigenvalue weighted by molar-refractivity contribution is 0.0219. The fraction of sp³-hybridized carbons (Fsp3) is 0.600. The van der Waals surface area contributed by atoms with E-state index in [0.717, 1.165) is 12.2 Å². The number of nitrogens with zero attached hydrogens (tertiary/aromatic N) is 3.